The summed E-state index contributed by atoms with van der Waals surface area (Å²) in [5.74, 6) is 0.745. The van der Waals surface area contributed by atoms with E-state index in [4.69, 9.17) is 16.3 Å². The third kappa shape index (κ3) is 1.45. The molecule has 0 amide bonds. The van der Waals surface area contributed by atoms with Gasteiger partial charge in [-0.05, 0) is 12.1 Å². The summed E-state index contributed by atoms with van der Waals surface area (Å²) in [7, 11) is 1.62. The van der Waals surface area contributed by atoms with Gasteiger partial charge in [0.1, 0.15) is 5.75 Å². The van der Waals surface area contributed by atoms with Crippen LogP contribution in [0.4, 0.5) is 0 Å². The molecule has 0 bridgehead atoms. The Balaban J connectivity index is 2.72. The Hall–Kier alpha value is -1.28. The van der Waals surface area contributed by atoms with Crippen LogP contribution in [-0.2, 0) is 0 Å². The van der Waals surface area contributed by atoms with E-state index in [2.05, 4.69) is 4.98 Å². The van der Waals surface area contributed by atoms with E-state index in [1.54, 1.807) is 13.3 Å². The molecule has 2 aromatic rings. The maximum atomic E-state index is 5.95. The fraction of sp³-hybridized carbons (Fsp3) is 0.100. The smallest absolute Gasteiger partial charge is 0.137 e. The molecule has 0 atom stereocenters. The molecule has 2 nitrogen and oxygen atoms in total. The maximum absolute atomic E-state index is 5.95. The van der Waals surface area contributed by atoms with Gasteiger partial charge in [0.15, 0.2) is 0 Å². The van der Waals surface area contributed by atoms with Crippen LogP contribution in [-0.4, -0.2) is 12.1 Å². The highest BCUT2D eigenvalue weighted by Gasteiger charge is 2.00. The van der Waals surface area contributed by atoms with Gasteiger partial charge in [0.25, 0.3) is 0 Å². The molecule has 3 heteroatoms. The van der Waals surface area contributed by atoms with Crippen molar-refractivity contribution in [3.63, 3.8) is 0 Å². The molecular weight excluding hydrogens is 186 g/mol. The van der Waals surface area contributed by atoms with Crippen LogP contribution in [0.25, 0.3) is 10.9 Å². The molecule has 0 saturated heterocycles. The molecule has 0 fully saturated rings. The zero-order valence-electron chi connectivity index (χ0n) is 7.12. The van der Waals surface area contributed by atoms with Gasteiger partial charge in [-0.15, -0.1) is 0 Å². The number of nitrogens with zero attached hydrogens (tertiary/aromatic N) is 1. The van der Waals surface area contributed by atoms with Crippen LogP contribution in [0.2, 0.25) is 5.02 Å². The second kappa shape index (κ2) is 3.23. The Morgan fingerprint density at radius 1 is 1.38 bits per heavy atom. The van der Waals surface area contributed by atoms with Crippen molar-refractivity contribution in [3.8, 4) is 5.75 Å². The highest BCUT2D eigenvalue weighted by molar-refractivity contribution is 6.35. The quantitative estimate of drug-likeness (QED) is 0.695. The summed E-state index contributed by atoms with van der Waals surface area (Å²) in [5, 5.41) is 1.66. The van der Waals surface area contributed by atoms with Gasteiger partial charge in [0, 0.05) is 5.39 Å². The highest BCUT2D eigenvalue weighted by Crippen LogP contribution is 2.23. The van der Waals surface area contributed by atoms with Gasteiger partial charge in [0.05, 0.1) is 23.8 Å². The van der Waals surface area contributed by atoms with Crippen molar-refractivity contribution >= 4 is 22.5 Å². The number of hydrogen-bond acceptors (Lipinski definition) is 2. The third-order valence-corrected chi connectivity index (χ3v) is 2.18. The number of ether oxygens (including phenoxy) is 1. The first-order valence-corrected chi connectivity index (χ1v) is 4.27. The van der Waals surface area contributed by atoms with Crippen molar-refractivity contribution in [1.29, 1.82) is 0 Å². The summed E-state index contributed by atoms with van der Waals surface area (Å²) in [4.78, 5) is 4.19. The molecule has 1 heterocycles. The average Bonchev–Trinajstić information content (AvgIpc) is 2.18. The minimum absolute atomic E-state index is 0.667. The van der Waals surface area contributed by atoms with E-state index in [0.29, 0.717) is 5.02 Å². The maximum Gasteiger partial charge on any atom is 0.137 e. The van der Waals surface area contributed by atoms with E-state index in [9.17, 15) is 0 Å². The number of methoxy groups -OCH3 is 1. The fourth-order valence-corrected chi connectivity index (χ4v) is 1.45. The molecule has 0 saturated carbocycles. The Morgan fingerprint density at radius 2 is 2.23 bits per heavy atom. The topological polar surface area (TPSA) is 22.1 Å². The van der Waals surface area contributed by atoms with Crippen LogP contribution >= 0.6 is 11.6 Å². The monoisotopic (exact) mass is 193 g/mol. The number of fused-ring (bicyclic) bond motifs is 1. The van der Waals surface area contributed by atoms with Crippen LogP contribution in [0, 0.1) is 0 Å². The van der Waals surface area contributed by atoms with Crippen molar-refractivity contribution in [2.75, 3.05) is 7.11 Å². The van der Waals surface area contributed by atoms with Crippen molar-refractivity contribution in [2.24, 2.45) is 0 Å². The number of halogens is 1. The van der Waals surface area contributed by atoms with Crippen LogP contribution in [0.1, 0.15) is 0 Å². The van der Waals surface area contributed by atoms with Gasteiger partial charge in [-0.25, -0.2) is 0 Å². The van der Waals surface area contributed by atoms with Gasteiger partial charge >= 0.3 is 0 Å². The largest absolute Gasteiger partial charge is 0.495 e. The number of aromatic nitrogens is 1. The molecule has 1 aromatic carbocycles. The van der Waals surface area contributed by atoms with E-state index >= 15 is 0 Å². The van der Waals surface area contributed by atoms with Gasteiger partial charge in [0.2, 0.25) is 0 Å². The molecule has 0 unspecified atom stereocenters. The summed E-state index contributed by atoms with van der Waals surface area (Å²) in [6.07, 6.45) is 1.66. The van der Waals surface area contributed by atoms with Crippen molar-refractivity contribution in [3.05, 3.63) is 35.5 Å². The lowest BCUT2D eigenvalue weighted by molar-refractivity contribution is 0.414. The van der Waals surface area contributed by atoms with E-state index in [-0.39, 0.29) is 0 Å². The van der Waals surface area contributed by atoms with Crippen molar-refractivity contribution in [2.45, 2.75) is 0 Å². The molecule has 1 aromatic heterocycles. The van der Waals surface area contributed by atoms with Crippen LogP contribution < -0.4 is 4.74 Å². The first kappa shape index (κ1) is 8.32. The molecule has 0 N–H and O–H groups in total. The van der Waals surface area contributed by atoms with Gasteiger partial charge in [-0.2, -0.15) is 0 Å². The second-order valence-electron chi connectivity index (χ2n) is 2.69. The van der Waals surface area contributed by atoms with Crippen LogP contribution in [0.5, 0.6) is 5.75 Å². The standard InChI is InChI=1S/C10H8ClNO/c1-13-8-5-7-3-2-4-9(11)10(7)12-6-8/h2-6H,1H3. The van der Waals surface area contributed by atoms with Crippen LogP contribution in [0.15, 0.2) is 30.5 Å². The lowest BCUT2D eigenvalue weighted by atomic mass is 10.2. The molecule has 0 aliphatic heterocycles. The summed E-state index contributed by atoms with van der Waals surface area (Å²) in [6, 6.07) is 7.58. The van der Waals surface area contributed by atoms with Gasteiger partial charge in [-0.1, -0.05) is 23.7 Å². The van der Waals surface area contributed by atoms with Crippen LogP contribution in [0.3, 0.4) is 0 Å². The predicted octanol–water partition coefficient (Wildman–Crippen LogP) is 2.90. The Labute approximate surface area is 81.1 Å². The number of para-hydroxylation sites is 1. The minimum Gasteiger partial charge on any atom is -0.495 e. The second-order valence-corrected chi connectivity index (χ2v) is 3.09. The lowest BCUT2D eigenvalue weighted by Gasteiger charge is -2.02. The number of benzene rings is 1. The molecule has 0 aliphatic carbocycles. The Kier molecular flexibility index (Phi) is 2.07. The number of rotatable bonds is 1. The Bertz CT molecular complexity index is 442. The first-order valence-electron chi connectivity index (χ1n) is 3.89. The third-order valence-electron chi connectivity index (χ3n) is 1.87. The summed E-state index contributed by atoms with van der Waals surface area (Å²) >= 11 is 5.95. The molecule has 2 rings (SSSR count). The Morgan fingerprint density at radius 3 is 3.00 bits per heavy atom. The minimum atomic E-state index is 0.667. The van der Waals surface area contributed by atoms with Gasteiger partial charge < -0.3 is 4.74 Å². The van der Waals surface area contributed by atoms with E-state index in [0.717, 1.165) is 16.7 Å². The highest BCUT2D eigenvalue weighted by atomic mass is 35.5. The zero-order chi connectivity index (χ0) is 9.26. The zero-order valence-corrected chi connectivity index (χ0v) is 7.88. The SMILES string of the molecule is COc1cnc2c(Cl)cccc2c1. The molecule has 0 radical (unpaired) electrons. The van der Waals surface area contributed by atoms with Crippen molar-refractivity contribution < 1.29 is 4.74 Å². The van der Waals surface area contributed by atoms with E-state index < -0.39 is 0 Å². The molecule has 0 aliphatic rings. The molecule has 66 valence electrons. The fourth-order valence-electron chi connectivity index (χ4n) is 1.22. The molecular formula is C10H8ClNO. The summed E-state index contributed by atoms with van der Waals surface area (Å²) in [5.41, 5.74) is 0.810. The lowest BCUT2D eigenvalue weighted by Crippen LogP contribution is -1.85. The van der Waals surface area contributed by atoms with Gasteiger partial charge in [-0.3, -0.25) is 4.98 Å². The number of pyridine rings is 1. The predicted molar refractivity (Wildman–Crippen MR) is 53.3 cm³/mol. The van der Waals surface area contributed by atoms with E-state index in [1.165, 1.54) is 0 Å². The summed E-state index contributed by atoms with van der Waals surface area (Å²) < 4.78 is 5.06. The first-order chi connectivity index (χ1) is 6.31. The van der Waals surface area contributed by atoms with E-state index in [1.807, 2.05) is 24.3 Å². The number of hydrogen-bond donors (Lipinski definition) is 0. The molecule has 0 spiro atoms. The summed E-state index contributed by atoms with van der Waals surface area (Å²) in [6.45, 7) is 0. The normalized spacial score (nSPS) is 10.3. The molecule has 13 heavy (non-hydrogen) atoms. The van der Waals surface area contributed by atoms with Crippen molar-refractivity contribution in [1.82, 2.24) is 4.98 Å². The average molecular weight is 194 g/mol.